The topological polar surface area (TPSA) is 75.4 Å². The summed E-state index contributed by atoms with van der Waals surface area (Å²) in [5, 5.41) is 2.97. The van der Waals surface area contributed by atoms with Crippen LogP contribution < -0.4 is 11.1 Å². The van der Waals surface area contributed by atoms with E-state index < -0.39 is 6.04 Å². The summed E-state index contributed by atoms with van der Waals surface area (Å²) in [6, 6.07) is -0.402. The number of hydrogen-bond acceptors (Lipinski definition) is 3. The Kier molecular flexibility index (Phi) is 7.15. The third-order valence-electron chi connectivity index (χ3n) is 3.05. The van der Waals surface area contributed by atoms with E-state index in [1.807, 2.05) is 14.0 Å². The molecule has 0 aromatic heterocycles. The van der Waals surface area contributed by atoms with Crippen molar-refractivity contribution in [3.63, 3.8) is 0 Å². The predicted molar refractivity (Wildman–Crippen MR) is 68.9 cm³/mol. The Balaban J connectivity index is 0.00000256. The average molecular weight is 264 g/mol. The molecular weight excluding hydrogens is 242 g/mol. The zero-order chi connectivity index (χ0) is 12.1. The average Bonchev–Trinajstić information content (AvgIpc) is 2.28. The van der Waals surface area contributed by atoms with Crippen LogP contribution in [0.3, 0.4) is 0 Å². The van der Waals surface area contributed by atoms with Crippen LogP contribution in [0.15, 0.2) is 0 Å². The van der Waals surface area contributed by atoms with Crippen LogP contribution in [0.1, 0.15) is 26.2 Å². The Morgan fingerprint density at radius 1 is 1.47 bits per heavy atom. The summed E-state index contributed by atoms with van der Waals surface area (Å²) in [4.78, 5) is 25.0. The monoisotopic (exact) mass is 263 g/mol. The minimum atomic E-state index is -0.402. The first-order chi connectivity index (χ1) is 7.57. The van der Waals surface area contributed by atoms with E-state index in [4.69, 9.17) is 5.73 Å². The number of nitrogens with one attached hydrogen (secondary N) is 1. The predicted octanol–water partition coefficient (Wildman–Crippen LogP) is 0.130. The van der Waals surface area contributed by atoms with Crippen molar-refractivity contribution < 1.29 is 9.59 Å². The molecule has 1 fully saturated rings. The Hall–Kier alpha value is -0.810. The van der Waals surface area contributed by atoms with Crippen LogP contribution in [0, 0.1) is 5.92 Å². The number of piperidine rings is 1. The Morgan fingerprint density at radius 2 is 2.12 bits per heavy atom. The molecule has 0 spiro atoms. The standard InChI is InChI=1S/C11H21N3O2.ClH/c1-8(7-13-2)11(16)14-6-4-3-5-9(14)10(12)15;/h8-9,13H,3-7H2,1-2H3,(H2,12,15);1H. The second-order valence-electron chi connectivity index (χ2n) is 4.40. The zero-order valence-corrected chi connectivity index (χ0v) is 11.3. The maximum absolute atomic E-state index is 12.1. The first-order valence-corrected chi connectivity index (χ1v) is 5.82. The van der Waals surface area contributed by atoms with Crippen LogP contribution >= 0.6 is 12.4 Å². The van der Waals surface area contributed by atoms with E-state index >= 15 is 0 Å². The van der Waals surface area contributed by atoms with Gasteiger partial charge in [0.2, 0.25) is 11.8 Å². The molecule has 0 radical (unpaired) electrons. The first kappa shape index (κ1) is 16.2. The Morgan fingerprint density at radius 3 is 2.65 bits per heavy atom. The van der Waals surface area contributed by atoms with Crippen molar-refractivity contribution >= 4 is 24.2 Å². The van der Waals surface area contributed by atoms with Gasteiger partial charge in [0.05, 0.1) is 0 Å². The number of rotatable bonds is 4. The van der Waals surface area contributed by atoms with E-state index in [0.717, 1.165) is 12.8 Å². The normalized spacial score (nSPS) is 21.5. The van der Waals surface area contributed by atoms with Gasteiger partial charge in [-0.2, -0.15) is 0 Å². The number of carbonyl (C=O) groups excluding carboxylic acids is 2. The number of nitrogens with two attached hydrogens (primary N) is 1. The van der Waals surface area contributed by atoms with Gasteiger partial charge >= 0.3 is 0 Å². The van der Waals surface area contributed by atoms with E-state index in [-0.39, 0.29) is 30.1 Å². The highest BCUT2D eigenvalue weighted by molar-refractivity contribution is 5.87. The number of amides is 2. The molecule has 1 aliphatic rings. The van der Waals surface area contributed by atoms with Crippen LogP contribution in [0.25, 0.3) is 0 Å². The summed E-state index contributed by atoms with van der Waals surface area (Å²) < 4.78 is 0. The molecule has 1 saturated heterocycles. The van der Waals surface area contributed by atoms with Crippen LogP contribution in [0.2, 0.25) is 0 Å². The molecule has 3 N–H and O–H groups in total. The molecule has 0 aromatic rings. The summed E-state index contributed by atoms with van der Waals surface area (Å²) in [5.74, 6) is -0.465. The summed E-state index contributed by atoms with van der Waals surface area (Å²) in [7, 11) is 1.81. The molecule has 1 heterocycles. The number of halogens is 1. The lowest BCUT2D eigenvalue weighted by molar-refractivity contribution is -0.143. The lowest BCUT2D eigenvalue weighted by Gasteiger charge is -2.35. The van der Waals surface area contributed by atoms with Gasteiger partial charge in [0.25, 0.3) is 0 Å². The van der Waals surface area contributed by atoms with Crippen LogP contribution in [0.4, 0.5) is 0 Å². The SMILES string of the molecule is CNCC(C)C(=O)N1CCCCC1C(N)=O.Cl. The van der Waals surface area contributed by atoms with Crippen LogP contribution in [-0.2, 0) is 9.59 Å². The summed E-state index contributed by atoms with van der Waals surface area (Å²) in [6.07, 6.45) is 2.63. The van der Waals surface area contributed by atoms with Gasteiger partial charge in [-0.3, -0.25) is 9.59 Å². The van der Waals surface area contributed by atoms with E-state index in [1.165, 1.54) is 0 Å². The largest absolute Gasteiger partial charge is 0.368 e. The maximum Gasteiger partial charge on any atom is 0.240 e. The molecule has 0 aliphatic carbocycles. The van der Waals surface area contributed by atoms with Gasteiger partial charge in [-0.25, -0.2) is 0 Å². The van der Waals surface area contributed by atoms with Gasteiger partial charge < -0.3 is 16.0 Å². The number of primary amides is 1. The van der Waals surface area contributed by atoms with Crippen molar-refractivity contribution in [3.05, 3.63) is 0 Å². The molecule has 2 amide bonds. The first-order valence-electron chi connectivity index (χ1n) is 5.82. The van der Waals surface area contributed by atoms with Crippen molar-refractivity contribution in [1.82, 2.24) is 10.2 Å². The highest BCUT2D eigenvalue weighted by atomic mass is 35.5. The summed E-state index contributed by atoms with van der Waals surface area (Å²) >= 11 is 0. The molecule has 17 heavy (non-hydrogen) atoms. The second kappa shape index (κ2) is 7.50. The van der Waals surface area contributed by atoms with Crippen molar-refractivity contribution in [1.29, 1.82) is 0 Å². The van der Waals surface area contributed by atoms with Crippen molar-refractivity contribution in [2.45, 2.75) is 32.2 Å². The number of hydrogen-bond donors (Lipinski definition) is 2. The number of carbonyl (C=O) groups is 2. The number of nitrogens with zero attached hydrogens (tertiary/aromatic N) is 1. The molecule has 0 saturated carbocycles. The highest BCUT2D eigenvalue weighted by Gasteiger charge is 2.32. The molecule has 5 nitrogen and oxygen atoms in total. The van der Waals surface area contributed by atoms with E-state index in [1.54, 1.807) is 4.90 Å². The van der Waals surface area contributed by atoms with Crippen LogP contribution in [-0.4, -0.2) is 42.9 Å². The summed E-state index contributed by atoms with van der Waals surface area (Å²) in [6.45, 7) is 3.15. The van der Waals surface area contributed by atoms with E-state index in [0.29, 0.717) is 19.5 Å². The van der Waals surface area contributed by atoms with Crippen LogP contribution in [0.5, 0.6) is 0 Å². The molecule has 6 heteroatoms. The fraction of sp³-hybridized carbons (Fsp3) is 0.818. The maximum atomic E-state index is 12.1. The van der Waals surface area contributed by atoms with Gasteiger partial charge in [0.15, 0.2) is 0 Å². The quantitative estimate of drug-likeness (QED) is 0.757. The van der Waals surface area contributed by atoms with Gasteiger partial charge in [-0.05, 0) is 26.3 Å². The molecular formula is C11H22ClN3O2. The molecule has 0 bridgehead atoms. The van der Waals surface area contributed by atoms with E-state index in [2.05, 4.69) is 5.32 Å². The zero-order valence-electron chi connectivity index (χ0n) is 10.4. The third kappa shape index (κ3) is 4.16. The second-order valence-corrected chi connectivity index (χ2v) is 4.40. The Labute approximate surface area is 109 Å². The lowest BCUT2D eigenvalue weighted by Crippen LogP contribution is -2.52. The van der Waals surface area contributed by atoms with Crippen molar-refractivity contribution in [2.24, 2.45) is 11.7 Å². The fourth-order valence-electron chi connectivity index (χ4n) is 2.17. The van der Waals surface area contributed by atoms with Crippen molar-refractivity contribution in [3.8, 4) is 0 Å². The molecule has 2 unspecified atom stereocenters. The van der Waals surface area contributed by atoms with E-state index in [9.17, 15) is 9.59 Å². The number of likely N-dealkylation sites (tertiary alicyclic amines) is 1. The smallest absolute Gasteiger partial charge is 0.240 e. The minimum Gasteiger partial charge on any atom is -0.368 e. The van der Waals surface area contributed by atoms with Gasteiger partial charge in [0.1, 0.15) is 6.04 Å². The summed E-state index contributed by atoms with van der Waals surface area (Å²) in [5.41, 5.74) is 5.32. The molecule has 1 rings (SSSR count). The van der Waals surface area contributed by atoms with Gasteiger partial charge in [0, 0.05) is 19.0 Å². The van der Waals surface area contributed by atoms with Gasteiger partial charge in [-0.15, -0.1) is 12.4 Å². The lowest BCUT2D eigenvalue weighted by atomic mass is 9.99. The molecule has 1 aliphatic heterocycles. The van der Waals surface area contributed by atoms with Crippen molar-refractivity contribution in [2.75, 3.05) is 20.1 Å². The minimum absolute atomic E-state index is 0. The Bertz CT molecular complexity index is 273. The third-order valence-corrected chi connectivity index (χ3v) is 3.05. The molecule has 0 aromatic carbocycles. The molecule has 100 valence electrons. The molecule has 2 atom stereocenters. The highest BCUT2D eigenvalue weighted by Crippen LogP contribution is 2.18. The fourth-order valence-corrected chi connectivity index (χ4v) is 2.17. The van der Waals surface area contributed by atoms with Gasteiger partial charge in [-0.1, -0.05) is 6.92 Å².